The summed E-state index contributed by atoms with van der Waals surface area (Å²) in [6, 6.07) is 55.9. The first kappa shape index (κ1) is 33.4. The van der Waals surface area contributed by atoms with E-state index in [0.29, 0.717) is 16.8 Å². The number of benzene rings is 8. The van der Waals surface area contributed by atoms with E-state index in [2.05, 4.69) is 130 Å². The van der Waals surface area contributed by atoms with Crippen molar-refractivity contribution >= 4 is 112 Å². The molecule has 0 aliphatic rings. The van der Waals surface area contributed by atoms with Crippen molar-refractivity contribution in [2.75, 3.05) is 0 Å². The third-order valence-corrected chi connectivity index (χ3v) is 14.1. The summed E-state index contributed by atoms with van der Waals surface area (Å²) in [5.41, 5.74) is 11.7. The summed E-state index contributed by atoms with van der Waals surface area (Å²) in [6.45, 7) is 9.74. The summed E-state index contributed by atoms with van der Waals surface area (Å²) < 4.78 is 9.53. The zero-order chi connectivity index (χ0) is 39.5. The Labute approximate surface area is 345 Å². The maximum atomic E-state index is 9.70. The molecule has 0 saturated heterocycles. The first-order chi connectivity index (χ1) is 29.0. The zero-order valence-electron chi connectivity index (χ0n) is 31.4. The van der Waals surface area contributed by atoms with E-state index in [1.165, 1.54) is 57.0 Å². The fourth-order valence-electron chi connectivity index (χ4n) is 9.08. The minimum absolute atomic E-state index is 0.578. The molecule has 0 aliphatic carbocycles. The summed E-state index contributed by atoms with van der Waals surface area (Å²) in [5, 5.41) is 28.4. The number of fused-ring (bicyclic) bond motifs is 12. The highest BCUT2D eigenvalue weighted by molar-refractivity contribution is 7.26. The predicted molar refractivity (Wildman–Crippen MR) is 247 cm³/mol. The van der Waals surface area contributed by atoms with Crippen LogP contribution in [0.1, 0.15) is 16.7 Å². The molecule has 0 saturated carbocycles. The molecular weight excluding hydrogens is 759 g/mol. The molecule has 272 valence electrons. The van der Waals surface area contributed by atoms with E-state index in [0.717, 1.165) is 55.0 Å². The molecule has 0 bridgehead atoms. The number of thiophene rings is 2. The Morgan fingerprint density at radius 2 is 0.864 bits per heavy atom. The van der Waals surface area contributed by atoms with Gasteiger partial charge in [-0.05, 0) is 145 Å². The second-order valence-electron chi connectivity index (χ2n) is 15.2. The third-order valence-electron chi connectivity index (χ3n) is 11.8. The molecule has 0 atom stereocenters. The molecule has 7 heteroatoms. The summed E-state index contributed by atoms with van der Waals surface area (Å²) in [4.78, 5) is 3.69. The normalized spacial score (nSPS) is 11.8. The lowest BCUT2D eigenvalue weighted by molar-refractivity contribution is 1.18. The third kappa shape index (κ3) is 4.92. The van der Waals surface area contributed by atoms with Gasteiger partial charge in [-0.1, -0.05) is 29.8 Å². The second-order valence-corrected chi connectivity index (χ2v) is 17.3. The van der Waals surface area contributed by atoms with Crippen LogP contribution in [0.4, 0.5) is 5.69 Å². The highest BCUT2D eigenvalue weighted by Crippen LogP contribution is 2.43. The van der Waals surface area contributed by atoms with Gasteiger partial charge < -0.3 is 9.13 Å². The molecular formula is C52H27N5S2. The monoisotopic (exact) mass is 785 g/mol. The van der Waals surface area contributed by atoms with Crippen molar-refractivity contribution in [1.29, 1.82) is 10.5 Å². The number of nitrogens with zero attached hydrogens (tertiary/aromatic N) is 5. The molecule has 5 nitrogen and oxygen atoms in total. The lowest BCUT2D eigenvalue weighted by atomic mass is 10.0. The average molecular weight is 786 g/mol. The minimum Gasteiger partial charge on any atom is -0.309 e. The van der Waals surface area contributed by atoms with Crippen LogP contribution in [0.25, 0.3) is 111 Å². The standard InChI is InChI=1S/C52H27N5S2/c1-29-3-11-45-37(19-29)38-20-30(27-53)4-12-46(38)56(45)35-9-17-51-43(25-35)41-22-32(6-15-49(41)58-51)33-7-16-50-42(23-33)44-26-36(10-18-52(44)59-50)57-47-13-5-31(28-54)21-39(47)40-24-34(55-2)8-14-48(40)57/h3-26H,1H3. The topological polar surface area (TPSA) is 61.8 Å². The van der Waals surface area contributed by atoms with Gasteiger partial charge >= 0.3 is 0 Å². The fraction of sp³-hybridized carbons (Fsp3) is 0.0192. The first-order valence-electron chi connectivity index (χ1n) is 19.2. The number of hydrogen-bond acceptors (Lipinski definition) is 4. The minimum atomic E-state index is 0.578. The van der Waals surface area contributed by atoms with Crippen molar-refractivity contribution in [3.05, 3.63) is 174 Å². The average Bonchev–Trinajstić information content (AvgIpc) is 4.02. The van der Waals surface area contributed by atoms with Gasteiger partial charge in [-0.2, -0.15) is 10.5 Å². The Morgan fingerprint density at radius 1 is 0.441 bits per heavy atom. The van der Waals surface area contributed by atoms with E-state index in [1.807, 2.05) is 59.9 Å². The van der Waals surface area contributed by atoms with E-state index in [-0.39, 0.29) is 0 Å². The van der Waals surface area contributed by atoms with Crippen molar-refractivity contribution in [1.82, 2.24) is 9.13 Å². The predicted octanol–water partition coefficient (Wildman–Crippen LogP) is 14.9. The molecule has 4 aromatic heterocycles. The molecule has 8 aromatic carbocycles. The van der Waals surface area contributed by atoms with Gasteiger partial charge in [0.2, 0.25) is 0 Å². The van der Waals surface area contributed by atoms with Crippen LogP contribution in [0, 0.1) is 36.2 Å². The van der Waals surface area contributed by atoms with E-state index in [1.54, 1.807) is 11.3 Å². The van der Waals surface area contributed by atoms with Gasteiger partial charge in [0.05, 0.1) is 51.9 Å². The molecule has 0 amide bonds. The largest absolute Gasteiger partial charge is 0.309 e. The SMILES string of the molecule is [C-]#[N+]c1ccc2c(c1)c1cc(C#N)ccc1n2-c1ccc2sc3ccc(-c4ccc5sc6ccc(-n7c8ccc(C)cc8c8cc(C#N)ccc87)cc6c5c4)cc3c2c1. The van der Waals surface area contributed by atoms with E-state index in [4.69, 9.17) is 6.57 Å². The van der Waals surface area contributed by atoms with Gasteiger partial charge in [0, 0.05) is 67.9 Å². The maximum absolute atomic E-state index is 9.70. The van der Waals surface area contributed by atoms with Gasteiger partial charge in [0.25, 0.3) is 0 Å². The molecule has 0 aliphatic heterocycles. The van der Waals surface area contributed by atoms with Crippen LogP contribution >= 0.6 is 22.7 Å². The summed E-state index contributed by atoms with van der Waals surface area (Å²) in [5.74, 6) is 0. The van der Waals surface area contributed by atoms with Crippen molar-refractivity contribution in [3.63, 3.8) is 0 Å². The lowest BCUT2D eigenvalue weighted by Crippen LogP contribution is -1.93. The molecule has 0 unspecified atom stereocenters. The molecule has 0 fully saturated rings. The van der Waals surface area contributed by atoms with Gasteiger partial charge in [0.15, 0.2) is 5.69 Å². The Morgan fingerprint density at radius 3 is 1.36 bits per heavy atom. The molecule has 12 aromatic rings. The molecule has 12 rings (SSSR count). The highest BCUT2D eigenvalue weighted by Gasteiger charge is 2.18. The number of aromatic nitrogens is 2. The van der Waals surface area contributed by atoms with E-state index < -0.39 is 0 Å². The van der Waals surface area contributed by atoms with Gasteiger partial charge in [-0.15, -0.1) is 22.7 Å². The lowest BCUT2D eigenvalue weighted by Gasteiger charge is -2.09. The van der Waals surface area contributed by atoms with E-state index >= 15 is 0 Å². The van der Waals surface area contributed by atoms with Gasteiger partial charge in [-0.25, -0.2) is 4.85 Å². The van der Waals surface area contributed by atoms with Gasteiger partial charge in [-0.3, -0.25) is 0 Å². The number of aryl methyl sites for hydroxylation is 1. The molecule has 4 heterocycles. The van der Waals surface area contributed by atoms with Crippen LogP contribution in [0.15, 0.2) is 146 Å². The highest BCUT2D eigenvalue weighted by atomic mass is 32.1. The Hall–Kier alpha value is -7.73. The zero-order valence-corrected chi connectivity index (χ0v) is 33.0. The van der Waals surface area contributed by atoms with Crippen molar-refractivity contribution < 1.29 is 0 Å². The fourth-order valence-corrected chi connectivity index (χ4v) is 11.2. The smallest absolute Gasteiger partial charge is 0.188 e. The quantitative estimate of drug-likeness (QED) is 0.168. The van der Waals surface area contributed by atoms with E-state index in [9.17, 15) is 10.5 Å². The Kier molecular flexibility index (Phi) is 7.01. The van der Waals surface area contributed by atoms with Crippen LogP contribution in [0.2, 0.25) is 0 Å². The number of rotatable bonds is 3. The van der Waals surface area contributed by atoms with Crippen LogP contribution in [-0.2, 0) is 0 Å². The van der Waals surface area contributed by atoms with Crippen LogP contribution in [0.5, 0.6) is 0 Å². The van der Waals surface area contributed by atoms with Crippen molar-refractivity contribution in [3.8, 4) is 34.6 Å². The first-order valence-corrected chi connectivity index (χ1v) is 20.8. The maximum Gasteiger partial charge on any atom is 0.188 e. The summed E-state index contributed by atoms with van der Waals surface area (Å²) in [7, 11) is 0. The second kappa shape index (κ2) is 12.4. The van der Waals surface area contributed by atoms with Crippen molar-refractivity contribution in [2.24, 2.45) is 0 Å². The summed E-state index contributed by atoms with van der Waals surface area (Å²) >= 11 is 3.62. The molecule has 59 heavy (non-hydrogen) atoms. The Balaban J connectivity index is 1.00. The van der Waals surface area contributed by atoms with Crippen LogP contribution in [0.3, 0.4) is 0 Å². The van der Waals surface area contributed by atoms with Crippen LogP contribution < -0.4 is 0 Å². The number of hydrogen-bond donors (Lipinski definition) is 0. The molecule has 0 N–H and O–H groups in total. The van der Waals surface area contributed by atoms with Crippen LogP contribution in [-0.4, -0.2) is 9.13 Å². The molecule has 0 radical (unpaired) electrons. The summed E-state index contributed by atoms with van der Waals surface area (Å²) in [6.07, 6.45) is 0. The Bertz CT molecular complexity index is 3890. The van der Waals surface area contributed by atoms with Gasteiger partial charge in [0.1, 0.15) is 0 Å². The molecule has 0 spiro atoms. The van der Waals surface area contributed by atoms with Crippen molar-refractivity contribution in [2.45, 2.75) is 6.92 Å². The number of nitriles is 2.